The Labute approximate surface area is 142 Å². The van der Waals surface area contributed by atoms with E-state index in [2.05, 4.69) is 18.8 Å². The van der Waals surface area contributed by atoms with Crippen molar-refractivity contribution in [2.24, 2.45) is 0 Å². The van der Waals surface area contributed by atoms with E-state index in [1.165, 1.54) is 6.26 Å². The molecule has 0 aliphatic rings. The van der Waals surface area contributed by atoms with Crippen molar-refractivity contribution in [3.63, 3.8) is 0 Å². The molecule has 0 bridgehead atoms. The van der Waals surface area contributed by atoms with Crippen molar-refractivity contribution in [2.75, 3.05) is 12.3 Å². The summed E-state index contributed by atoms with van der Waals surface area (Å²) in [6, 6.07) is 1.69. The second-order valence-electron chi connectivity index (χ2n) is 5.05. The summed E-state index contributed by atoms with van der Waals surface area (Å²) < 4.78 is 35.2. The van der Waals surface area contributed by atoms with Gasteiger partial charge in [-0.15, -0.1) is 0 Å². The first-order valence-electron chi connectivity index (χ1n) is 6.92. The molecule has 0 saturated carbocycles. The van der Waals surface area contributed by atoms with Crippen LogP contribution in [0.5, 0.6) is 0 Å². The Morgan fingerprint density at radius 2 is 2.04 bits per heavy atom. The van der Waals surface area contributed by atoms with Gasteiger partial charge in [-0.3, -0.25) is 4.52 Å². The summed E-state index contributed by atoms with van der Waals surface area (Å²) in [7, 11) is -9.98. The van der Waals surface area contributed by atoms with Crippen LogP contribution in [0.15, 0.2) is 22.9 Å². The third-order valence-corrected chi connectivity index (χ3v) is 5.12. The summed E-state index contributed by atoms with van der Waals surface area (Å²) in [5.41, 5.74) is 7.33. The van der Waals surface area contributed by atoms with Crippen LogP contribution >= 0.6 is 15.6 Å². The van der Waals surface area contributed by atoms with Crippen molar-refractivity contribution in [2.45, 2.75) is 19.8 Å². The van der Waals surface area contributed by atoms with Crippen LogP contribution in [0.1, 0.15) is 22.7 Å². The number of aromatic nitrogens is 2. The summed E-state index contributed by atoms with van der Waals surface area (Å²) in [5.74, 6) is 1.38. The molecule has 2 aromatic rings. The number of furan rings is 1. The molecule has 0 spiro atoms. The minimum Gasteiger partial charge on any atom is -0.469 e. The fourth-order valence-electron chi connectivity index (χ4n) is 1.94. The highest BCUT2D eigenvalue weighted by atomic mass is 31.3. The average molecular weight is 393 g/mol. The molecule has 0 aromatic carbocycles. The van der Waals surface area contributed by atoms with Crippen LogP contribution in [0.2, 0.25) is 0 Å². The summed E-state index contributed by atoms with van der Waals surface area (Å²) >= 11 is 0. The van der Waals surface area contributed by atoms with E-state index in [0.717, 1.165) is 11.1 Å². The topological polar surface area (TPSA) is 178 Å². The Morgan fingerprint density at radius 3 is 2.68 bits per heavy atom. The van der Waals surface area contributed by atoms with Crippen molar-refractivity contribution in [3.8, 4) is 0 Å². The molecular weight excluding hydrogens is 376 g/mol. The summed E-state index contributed by atoms with van der Waals surface area (Å²) in [4.78, 5) is 34.3. The normalized spacial score (nSPS) is 14.4. The van der Waals surface area contributed by atoms with Crippen LogP contribution in [-0.2, 0) is 30.8 Å². The van der Waals surface area contributed by atoms with Gasteiger partial charge in [0.25, 0.3) is 0 Å². The molecule has 0 amide bonds. The number of phosphoric acid groups is 2. The monoisotopic (exact) mass is 393 g/mol. The minimum atomic E-state index is -5.13. The van der Waals surface area contributed by atoms with E-state index >= 15 is 0 Å². The third-order valence-electron chi connectivity index (χ3n) is 2.93. The highest BCUT2D eigenvalue weighted by Gasteiger charge is 2.32. The lowest BCUT2D eigenvalue weighted by Crippen LogP contribution is -2.01. The molecule has 5 N–H and O–H groups in total. The first kappa shape index (κ1) is 19.7. The summed E-state index contributed by atoms with van der Waals surface area (Å²) in [6.07, 6.45) is 3.64. The van der Waals surface area contributed by atoms with E-state index < -0.39 is 15.6 Å². The first-order chi connectivity index (χ1) is 11.5. The maximum atomic E-state index is 11.3. The fraction of sp³-hybridized carbons (Fsp3) is 0.333. The molecule has 1 unspecified atom stereocenters. The van der Waals surface area contributed by atoms with Gasteiger partial charge in [0.2, 0.25) is 0 Å². The Hall–Kier alpha value is -1.58. The number of anilines is 1. The SMILES string of the molecule is Cc1ncc(Cc2coc(CCOP(=O)(O)OP(=O)(O)O)c2)c(N)n1. The molecule has 2 heterocycles. The molecule has 25 heavy (non-hydrogen) atoms. The van der Waals surface area contributed by atoms with Crippen molar-refractivity contribution in [1.82, 2.24) is 9.97 Å². The van der Waals surface area contributed by atoms with Gasteiger partial charge in [0.1, 0.15) is 17.4 Å². The van der Waals surface area contributed by atoms with Crippen LogP contribution in [0.4, 0.5) is 5.82 Å². The zero-order valence-corrected chi connectivity index (χ0v) is 14.9. The molecular formula is C12H17N3O8P2. The molecule has 13 heteroatoms. The predicted octanol–water partition coefficient (Wildman–Crippen LogP) is 1.32. The summed E-state index contributed by atoms with van der Waals surface area (Å²) in [6.45, 7) is 1.39. The molecule has 1 atom stereocenters. The fourth-order valence-corrected chi connectivity index (χ4v) is 3.52. The van der Waals surface area contributed by atoms with Crippen LogP contribution < -0.4 is 5.73 Å². The number of hydrogen-bond donors (Lipinski definition) is 4. The lowest BCUT2D eigenvalue weighted by atomic mass is 10.1. The molecule has 0 aliphatic heterocycles. The van der Waals surface area contributed by atoms with Crippen molar-refractivity contribution >= 4 is 21.5 Å². The second-order valence-corrected chi connectivity index (χ2v) is 7.88. The smallest absolute Gasteiger partial charge is 0.469 e. The van der Waals surface area contributed by atoms with Gasteiger partial charge in [-0.05, 0) is 18.6 Å². The minimum absolute atomic E-state index is 0.0922. The second kappa shape index (κ2) is 7.76. The van der Waals surface area contributed by atoms with E-state index in [4.69, 9.17) is 24.8 Å². The van der Waals surface area contributed by atoms with Gasteiger partial charge >= 0.3 is 15.6 Å². The highest BCUT2D eigenvalue weighted by Crippen LogP contribution is 2.57. The Bertz CT molecular complexity index is 834. The van der Waals surface area contributed by atoms with Gasteiger partial charge in [0, 0.05) is 24.6 Å². The van der Waals surface area contributed by atoms with Gasteiger partial charge < -0.3 is 24.8 Å². The number of hydrogen-bond acceptors (Lipinski definition) is 8. The molecule has 0 saturated heterocycles. The molecule has 2 aromatic heterocycles. The van der Waals surface area contributed by atoms with Crippen LogP contribution in [0.25, 0.3) is 0 Å². The molecule has 0 radical (unpaired) electrons. The molecule has 138 valence electrons. The van der Waals surface area contributed by atoms with Crippen molar-refractivity contribution in [1.29, 1.82) is 0 Å². The lowest BCUT2D eigenvalue weighted by Gasteiger charge is -2.11. The van der Waals surface area contributed by atoms with Crippen molar-refractivity contribution < 1.29 is 37.1 Å². The Balaban J connectivity index is 1.89. The average Bonchev–Trinajstić information content (AvgIpc) is 2.86. The van der Waals surface area contributed by atoms with E-state index in [1.54, 1.807) is 19.2 Å². The number of aryl methyl sites for hydroxylation is 1. The molecule has 0 aliphatic carbocycles. The van der Waals surface area contributed by atoms with Gasteiger partial charge in [-0.1, -0.05) is 0 Å². The number of nitrogen functional groups attached to an aromatic ring is 1. The van der Waals surface area contributed by atoms with Gasteiger partial charge in [-0.25, -0.2) is 19.1 Å². The highest BCUT2D eigenvalue weighted by molar-refractivity contribution is 7.60. The first-order valence-corrected chi connectivity index (χ1v) is 9.95. The Morgan fingerprint density at radius 1 is 1.32 bits per heavy atom. The lowest BCUT2D eigenvalue weighted by molar-refractivity contribution is 0.178. The maximum absolute atomic E-state index is 11.3. The molecule has 0 fully saturated rings. The van der Waals surface area contributed by atoms with E-state index in [0.29, 0.717) is 23.8 Å². The predicted molar refractivity (Wildman–Crippen MR) is 85.3 cm³/mol. The molecule has 11 nitrogen and oxygen atoms in total. The van der Waals surface area contributed by atoms with Crippen LogP contribution in [0, 0.1) is 6.92 Å². The van der Waals surface area contributed by atoms with Crippen LogP contribution in [-0.4, -0.2) is 31.3 Å². The standard InChI is InChI=1S/C12H17N3O8P2/c1-8-14-6-10(12(13)15-8)4-9-5-11(21-7-9)2-3-22-25(19,20)23-24(16,17)18/h5-7H,2-4H2,1H3,(H,19,20)(H2,13,14,15)(H2,16,17,18). The van der Waals surface area contributed by atoms with Gasteiger partial charge in [0.15, 0.2) is 0 Å². The number of phosphoric ester groups is 1. The van der Waals surface area contributed by atoms with Crippen molar-refractivity contribution in [3.05, 3.63) is 41.2 Å². The van der Waals surface area contributed by atoms with E-state index in [9.17, 15) is 9.13 Å². The zero-order chi connectivity index (χ0) is 18.7. The van der Waals surface area contributed by atoms with Crippen LogP contribution in [0.3, 0.4) is 0 Å². The number of nitrogens with zero attached hydrogens (tertiary/aromatic N) is 2. The van der Waals surface area contributed by atoms with Gasteiger partial charge in [0.05, 0.1) is 12.9 Å². The zero-order valence-electron chi connectivity index (χ0n) is 13.1. The summed E-state index contributed by atoms with van der Waals surface area (Å²) in [5, 5.41) is 0. The molecule has 2 rings (SSSR count). The number of rotatable bonds is 8. The largest absolute Gasteiger partial charge is 0.481 e. The Kier molecular flexibility index (Phi) is 6.12. The maximum Gasteiger partial charge on any atom is 0.481 e. The quantitative estimate of drug-likeness (QED) is 0.475. The van der Waals surface area contributed by atoms with E-state index in [1.807, 2.05) is 0 Å². The number of nitrogens with two attached hydrogens (primary N) is 1. The third kappa shape index (κ3) is 6.68. The van der Waals surface area contributed by atoms with E-state index in [-0.39, 0.29) is 13.0 Å². The van der Waals surface area contributed by atoms with Gasteiger partial charge in [-0.2, -0.15) is 4.31 Å².